The lowest BCUT2D eigenvalue weighted by atomic mass is 9.72. The highest BCUT2D eigenvalue weighted by molar-refractivity contribution is 7.89. The number of sulfonamides is 1. The number of thiazole rings is 1. The number of piperidine rings is 1. The Morgan fingerprint density at radius 1 is 1.25 bits per heavy atom. The van der Waals surface area contributed by atoms with Gasteiger partial charge in [-0.15, -0.1) is 11.3 Å². The van der Waals surface area contributed by atoms with Crippen molar-refractivity contribution in [1.82, 2.24) is 29.5 Å². The maximum absolute atomic E-state index is 14.2. The fourth-order valence-electron chi connectivity index (χ4n) is 6.46. The van der Waals surface area contributed by atoms with Crippen molar-refractivity contribution in [3.8, 4) is 11.5 Å². The van der Waals surface area contributed by atoms with Gasteiger partial charge in [0.05, 0.1) is 29.9 Å². The summed E-state index contributed by atoms with van der Waals surface area (Å²) >= 11 is 1.28. The third-order valence-electron chi connectivity index (χ3n) is 9.52. The number of aliphatic hydroxyl groups is 1. The van der Waals surface area contributed by atoms with Crippen LogP contribution in [-0.4, -0.2) is 108 Å². The van der Waals surface area contributed by atoms with Crippen LogP contribution in [-0.2, 0) is 14.8 Å². The predicted octanol–water partition coefficient (Wildman–Crippen LogP) is 3.40. The lowest BCUT2D eigenvalue weighted by molar-refractivity contribution is -0.239. The van der Waals surface area contributed by atoms with Gasteiger partial charge in [-0.1, -0.05) is 0 Å². The summed E-state index contributed by atoms with van der Waals surface area (Å²) in [5, 5.41) is 13.4. The number of carbonyl (C=O) groups is 1. The molecule has 3 aromatic rings. The van der Waals surface area contributed by atoms with Crippen LogP contribution in [0.1, 0.15) is 54.9 Å². The number of likely N-dealkylation sites (tertiary alicyclic amines) is 1. The topological polar surface area (TPSA) is 150 Å². The lowest BCUT2D eigenvalue weighted by Gasteiger charge is -2.55. The standard InChI is InChI=1S/C32H42FN7O6S2/c1-21(2)38(4)30(41)25-13-23(33)5-6-26(25)46-27-14-34-20-35-29(27)40-17-31(18-40)9-11-39(12-10-31)19-32(42)8-7-24(15-45-32)37-48(43,44)28-16-47-22(3)36-28/h5-6,13-14,16,20-21,24,37,42H,7-12,15,17-19H2,1-4H3/t24-,32-/m1/s1. The molecule has 3 saturated heterocycles. The SMILES string of the molecule is Cc1nc(S(=O)(=O)N[C@@H]2CC[C@](O)(CN3CCC4(CC3)CN(c3ncncc3Oc3ccc(F)cc3C(=O)N(C)C(C)C)C4)OC2)cs1. The van der Waals surface area contributed by atoms with Gasteiger partial charge in [0.25, 0.3) is 15.9 Å². The highest BCUT2D eigenvalue weighted by atomic mass is 32.2. The summed E-state index contributed by atoms with van der Waals surface area (Å²) in [5.74, 6) is -0.987. The van der Waals surface area contributed by atoms with Crippen LogP contribution in [0.4, 0.5) is 10.2 Å². The Kier molecular flexibility index (Phi) is 9.77. The van der Waals surface area contributed by atoms with Crippen molar-refractivity contribution in [2.45, 2.75) is 69.4 Å². The summed E-state index contributed by atoms with van der Waals surface area (Å²) in [7, 11) is -2.07. The molecule has 1 aromatic carbocycles. The second kappa shape index (κ2) is 13.6. The zero-order valence-corrected chi connectivity index (χ0v) is 29.2. The number of β-amino-alcohol motifs (C(OH)–C–C–N with tert-alkyl or cyclic N) is 1. The molecule has 2 N–H and O–H groups in total. The molecule has 1 spiro atoms. The van der Waals surface area contributed by atoms with E-state index in [4.69, 9.17) is 9.47 Å². The number of nitrogens with one attached hydrogen (secondary N) is 1. The minimum atomic E-state index is -3.74. The monoisotopic (exact) mass is 703 g/mol. The number of rotatable bonds is 10. The van der Waals surface area contributed by atoms with Crippen LogP contribution in [0.3, 0.4) is 0 Å². The van der Waals surface area contributed by atoms with Gasteiger partial charge in [0.1, 0.15) is 17.9 Å². The first kappa shape index (κ1) is 34.6. The molecule has 2 atom stereocenters. The molecule has 3 aliphatic heterocycles. The van der Waals surface area contributed by atoms with Gasteiger partial charge in [0, 0.05) is 49.4 Å². The molecule has 13 nitrogen and oxygen atoms in total. The highest BCUT2D eigenvalue weighted by Crippen LogP contribution is 2.45. The van der Waals surface area contributed by atoms with E-state index in [2.05, 4.69) is 29.5 Å². The first-order chi connectivity index (χ1) is 22.7. The lowest BCUT2D eigenvalue weighted by Crippen LogP contribution is -2.62. The van der Waals surface area contributed by atoms with Crippen molar-refractivity contribution >= 4 is 33.1 Å². The van der Waals surface area contributed by atoms with E-state index in [0.717, 1.165) is 39.0 Å². The van der Waals surface area contributed by atoms with E-state index in [0.29, 0.717) is 36.0 Å². The Hall–Kier alpha value is -3.28. The van der Waals surface area contributed by atoms with Gasteiger partial charge in [-0.2, -0.15) is 0 Å². The molecule has 5 heterocycles. The number of carbonyl (C=O) groups excluding carboxylic acids is 1. The average Bonchev–Trinajstić information content (AvgIpc) is 3.49. The van der Waals surface area contributed by atoms with Crippen molar-refractivity contribution in [1.29, 1.82) is 0 Å². The molecular formula is C32H42FN7O6S2. The molecule has 16 heteroatoms. The molecule has 1 amide bonds. The van der Waals surface area contributed by atoms with Crippen LogP contribution in [0.25, 0.3) is 0 Å². The fourth-order valence-corrected chi connectivity index (χ4v) is 8.65. The minimum Gasteiger partial charge on any atom is -0.451 e. The predicted molar refractivity (Wildman–Crippen MR) is 177 cm³/mol. The molecule has 6 rings (SSSR count). The zero-order chi connectivity index (χ0) is 34.3. The van der Waals surface area contributed by atoms with Gasteiger partial charge in [-0.3, -0.25) is 9.69 Å². The summed E-state index contributed by atoms with van der Waals surface area (Å²) in [5.41, 5.74) is 0.211. The first-order valence-electron chi connectivity index (χ1n) is 16.1. The smallest absolute Gasteiger partial charge is 0.259 e. The van der Waals surface area contributed by atoms with E-state index >= 15 is 0 Å². The Labute approximate surface area is 284 Å². The Morgan fingerprint density at radius 2 is 2.00 bits per heavy atom. The largest absolute Gasteiger partial charge is 0.451 e. The van der Waals surface area contributed by atoms with E-state index in [9.17, 15) is 22.7 Å². The van der Waals surface area contributed by atoms with Gasteiger partial charge >= 0.3 is 0 Å². The number of benzene rings is 1. The van der Waals surface area contributed by atoms with Crippen LogP contribution >= 0.6 is 11.3 Å². The third kappa shape index (κ3) is 7.48. The van der Waals surface area contributed by atoms with E-state index in [1.165, 1.54) is 46.1 Å². The van der Waals surface area contributed by atoms with Crippen molar-refractivity contribution in [3.05, 3.63) is 52.5 Å². The molecular weight excluding hydrogens is 662 g/mol. The molecule has 0 radical (unpaired) electrons. The number of anilines is 1. The second-order valence-corrected chi connectivity index (χ2v) is 16.1. The number of hydrogen-bond acceptors (Lipinski definition) is 12. The molecule has 48 heavy (non-hydrogen) atoms. The van der Waals surface area contributed by atoms with Crippen LogP contribution in [0.2, 0.25) is 0 Å². The maximum Gasteiger partial charge on any atom is 0.259 e. The Bertz CT molecular complexity index is 1730. The van der Waals surface area contributed by atoms with Crippen molar-refractivity contribution in [2.24, 2.45) is 5.41 Å². The quantitative estimate of drug-likeness (QED) is 0.320. The number of ether oxygens (including phenoxy) is 2. The Morgan fingerprint density at radius 3 is 2.65 bits per heavy atom. The molecule has 260 valence electrons. The minimum absolute atomic E-state index is 0.00902. The molecule has 2 aromatic heterocycles. The summed E-state index contributed by atoms with van der Waals surface area (Å²) < 4.78 is 54.2. The number of halogens is 1. The van der Waals surface area contributed by atoms with Gasteiger partial charge in [-0.05, 0) is 71.3 Å². The number of aromatic nitrogens is 3. The van der Waals surface area contributed by atoms with Crippen molar-refractivity contribution < 1.29 is 32.2 Å². The normalized spacial score (nSPS) is 22.9. The molecule has 3 aliphatic rings. The summed E-state index contributed by atoms with van der Waals surface area (Å²) in [4.78, 5) is 31.7. The zero-order valence-electron chi connectivity index (χ0n) is 27.6. The summed E-state index contributed by atoms with van der Waals surface area (Å²) in [6.45, 7) is 9.06. The number of amides is 1. The second-order valence-electron chi connectivity index (χ2n) is 13.4. The molecule has 0 aliphatic carbocycles. The van der Waals surface area contributed by atoms with Crippen LogP contribution in [0.5, 0.6) is 11.5 Å². The molecule has 0 unspecified atom stereocenters. The van der Waals surface area contributed by atoms with E-state index in [-0.39, 0.29) is 40.3 Å². The van der Waals surface area contributed by atoms with Crippen molar-refractivity contribution in [2.75, 3.05) is 51.3 Å². The summed E-state index contributed by atoms with van der Waals surface area (Å²) in [6, 6.07) is 3.38. The van der Waals surface area contributed by atoms with Crippen LogP contribution < -0.4 is 14.4 Å². The Balaban J connectivity index is 1.01. The molecule has 0 bridgehead atoms. The number of aryl methyl sites for hydroxylation is 1. The van der Waals surface area contributed by atoms with Gasteiger partial charge in [-0.25, -0.2) is 32.5 Å². The first-order valence-corrected chi connectivity index (χ1v) is 18.4. The average molecular weight is 704 g/mol. The molecule has 0 saturated carbocycles. The maximum atomic E-state index is 14.2. The number of hydrogen-bond donors (Lipinski definition) is 2. The van der Waals surface area contributed by atoms with E-state index in [1.807, 2.05) is 13.8 Å². The van der Waals surface area contributed by atoms with Crippen LogP contribution in [0, 0.1) is 18.2 Å². The van der Waals surface area contributed by atoms with Gasteiger partial charge in [0.15, 0.2) is 22.4 Å². The highest BCUT2D eigenvalue weighted by Gasteiger charge is 2.47. The van der Waals surface area contributed by atoms with Gasteiger partial charge < -0.3 is 24.4 Å². The molecule has 3 fully saturated rings. The van der Waals surface area contributed by atoms with E-state index in [1.54, 1.807) is 20.2 Å². The fraction of sp³-hybridized carbons (Fsp3) is 0.562. The van der Waals surface area contributed by atoms with E-state index < -0.39 is 27.7 Å². The van der Waals surface area contributed by atoms with Crippen molar-refractivity contribution in [3.63, 3.8) is 0 Å². The van der Waals surface area contributed by atoms with Crippen LogP contribution in [0.15, 0.2) is 41.1 Å². The third-order valence-corrected chi connectivity index (χ3v) is 11.8. The number of nitrogens with zero attached hydrogens (tertiary/aromatic N) is 6. The summed E-state index contributed by atoms with van der Waals surface area (Å²) in [6.07, 6.45) is 5.64. The van der Waals surface area contributed by atoms with Gasteiger partial charge in [0.2, 0.25) is 0 Å².